The Morgan fingerprint density at radius 2 is 1.44 bits per heavy atom. The lowest BCUT2D eigenvalue weighted by Crippen LogP contribution is -1.88. The maximum atomic E-state index is 8.35. The van der Waals surface area contributed by atoms with E-state index in [0.717, 1.165) is 16.7 Å². The van der Waals surface area contributed by atoms with Crippen LogP contribution in [0.2, 0.25) is 0 Å². The molecule has 3 nitrogen and oxygen atoms in total. The molecule has 0 aliphatic rings. The number of hydrogen-bond acceptors (Lipinski definition) is 1. The third-order valence-electron chi connectivity index (χ3n) is 2.61. The molecule has 88 valence electrons. The lowest BCUT2D eigenvalue weighted by atomic mass is 9.98. The molecule has 0 aliphatic heterocycles. The zero-order valence-electron chi connectivity index (χ0n) is 9.90. The van der Waals surface area contributed by atoms with E-state index in [1.807, 2.05) is 42.5 Å². The van der Waals surface area contributed by atoms with E-state index >= 15 is 0 Å². The first-order valence-electron chi connectivity index (χ1n) is 5.73. The maximum Gasteiger partial charge on any atom is 0.0449 e. The van der Waals surface area contributed by atoms with Crippen LogP contribution in [0.25, 0.3) is 16.0 Å². The summed E-state index contributed by atoms with van der Waals surface area (Å²) in [7, 11) is 0. The van der Waals surface area contributed by atoms with E-state index in [1.165, 1.54) is 0 Å². The fourth-order valence-corrected chi connectivity index (χ4v) is 1.81. The van der Waals surface area contributed by atoms with Gasteiger partial charge < -0.3 is 0 Å². The van der Waals surface area contributed by atoms with Crippen LogP contribution < -0.4 is 0 Å². The fraction of sp³-hybridized carbons (Fsp3) is 0.0667. The Bertz CT molecular complexity index is 526. The minimum absolute atomic E-state index is 0.357. The molecule has 0 N–H and O–H groups in total. The molecule has 0 amide bonds. The van der Waals surface area contributed by atoms with Crippen LogP contribution in [0.1, 0.15) is 11.1 Å². The van der Waals surface area contributed by atoms with Gasteiger partial charge in [-0.3, -0.25) is 0 Å². The lowest BCUT2D eigenvalue weighted by Gasteiger charge is -2.07. The van der Waals surface area contributed by atoms with Gasteiger partial charge in [-0.25, -0.2) is 0 Å². The summed E-state index contributed by atoms with van der Waals surface area (Å²) >= 11 is 0. The molecule has 0 spiro atoms. The van der Waals surface area contributed by atoms with Crippen molar-refractivity contribution < 1.29 is 0 Å². The lowest BCUT2D eigenvalue weighted by molar-refractivity contribution is 1.21. The topological polar surface area (TPSA) is 48.8 Å². The SMILES string of the molecule is [N-]=[N+]=NCC=C(c1ccccc1)c1ccccc1. The van der Waals surface area contributed by atoms with Gasteiger partial charge in [-0.15, -0.1) is 0 Å². The summed E-state index contributed by atoms with van der Waals surface area (Å²) in [6, 6.07) is 20.2. The van der Waals surface area contributed by atoms with Gasteiger partial charge in [-0.2, -0.15) is 0 Å². The van der Waals surface area contributed by atoms with Crippen LogP contribution in [0, 0.1) is 0 Å². The van der Waals surface area contributed by atoms with E-state index in [1.54, 1.807) is 0 Å². The van der Waals surface area contributed by atoms with Gasteiger partial charge >= 0.3 is 0 Å². The molecule has 2 rings (SSSR count). The summed E-state index contributed by atoms with van der Waals surface area (Å²) in [5, 5.41) is 3.57. The van der Waals surface area contributed by atoms with Crippen molar-refractivity contribution in [1.82, 2.24) is 0 Å². The van der Waals surface area contributed by atoms with Crippen LogP contribution in [-0.4, -0.2) is 6.54 Å². The first-order chi connectivity index (χ1) is 8.92. The summed E-state index contributed by atoms with van der Waals surface area (Å²) < 4.78 is 0. The maximum absolute atomic E-state index is 8.35. The Morgan fingerprint density at radius 1 is 0.944 bits per heavy atom. The van der Waals surface area contributed by atoms with Crippen molar-refractivity contribution in [3.05, 3.63) is 88.3 Å². The molecule has 2 aromatic rings. The molecule has 0 aromatic heterocycles. The van der Waals surface area contributed by atoms with Gasteiger partial charge in [0, 0.05) is 11.5 Å². The summed E-state index contributed by atoms with van der Waals surface area (Å²) in [5.74, 6) is 0. The van der Waals surface area contributed by atoms with Crippen LogP contribution in [0.5, 0.6) is 0 Å². The van der Waals surface area contributed by atoms with Crippen molar-refractivity contribution >= 4 is 5.57 Å². The third-order valence-corrected chi connectivity index (χ3v) is 2.61. The molecule has 3 heteroatoms. The van der Waals surface area contributed by atoms with E-state index in [9.17, 15) is 0 Å². The van der Waals surface area contributed by atoms with Gasteiger partial charge in [-0.1, -0.05) is 71.9 Å². The number of azide groups is 1. The first kappa shape index (κ1) is 12.0. The summed E-state index contributed by atoms with van der Waals surface area (Å²) in [6.07, 6.45) is 1.95. The van der Waals surface area contributed by atoms with Crippen molar-refractivity contribution in [3.8, 4) is 0 Å². The summed E-state index contributed by atoms with van der Waals surface area (Å²) in [6.45, 7) is 0.357. The molecule has 0 heterocycles. The second-order valence-electron chi connectivity index (χ2n) is 3.76. The minimum atomic E-state index is 0.357. The minimum Gasteiger partial charge on any atom is -0.0899 e. The highest BCUT2D eigenvalue weighted by Crippen LogP contribution is 2.22. The monoisotopic (exact) mass is 235 g/mol. The number of nitrogens with zero attached hydrogens (tertiary/aromatic N) is 3. The Morgan fingerprint density at radius 3 is 1.89 bits per heavy atom. The van der Waals surface area contributed by atoms with E-state index in [0.29, 0.717) is 6.54 Å². The van der Waals surface area contributed by atoms with Crippen molar-refractivity contribution in [2.24, 2.45) is 5.11 Å². The highest BCUT2D eigenvalue weighted by atomic mass is 15.1. The van der Waals surface area contributed by atoms with Gasteiger partial charge in [0.25, 0.3) is 0 Å². The highest BCUT2D eigenvalue weighted by Gasteiger charge is 2.02. The normalized spacial score (nSPS) is 9.33. The van der Waals surface area contributed by atoms with Crippen molar-refractivity contribution in [2.45, 2.75) is 0 Å². The Hall–Kier alpha value is -2.51. The number of hydrogen-bond donors (Lipinski definition) is 0. The molecule has 0 saturated heterocycles. The van der Waals surface area contributed by atoms with Crippen LogP contribution in [0.3, 0.4) is 0 Å². The molecule has 0 bridgehead atoms. The van der Waals surface area contributed by atoms with Gasteiger partial charge in [-0.05, 0) is 22.2 Å². The molecule has 0 aliphatic carbocycles. The van der Waals surface area contributed by atoms with E-state index in [2.05, 4.69) is 34.3 Å². The van der Waals surface area contributed by atoms with Gasteiger partial charge in [0.2, 0.25) is 0 Å². The predicted molar refractivity (Wildman–Crippen MR) is 74.0 cm³/mol. The van der Waals surface area contributed by atoms with Crippen molar-refractivity contribution in [1.29, 1.82) is 0 Å². The molecular formula is C15H13N3. The highest BCUT2D eigenvalue weighted by molar-refractivity contribution is 5.79. The zero-order valence-corrected chi connectivity index (χ0v) is 9.90. The van der Waals surface area contributed by atoms with E-state index in [4.69, 9.17) is 5.53 Å². The van der Waals surface area contributed by atoms with Crippen LogP contribution in [0.15, 0.2) is 71.9 Å². The fourth-order valence-electron chi connectivity index (χ4n) is 1.81. The Balaban J connectivity index is 2.41. The van der Waals surface area contributed by atoms with Gasteiger partial charge in [0.15, 0.2) is 0 Å². The molecule has 0 atom stereocenters. The average molecular weight is 235 g/mol. The van der Waals surface area contributed by atoms with Crippen LogP contribution >= 0.6 is 0 Å². The number of rotatable bonds is 4. The zero-order chi connectivity index (χ0) is 12.6. The second kappa shape index (κ2) is 6.28. The predicted octanol–water partition coefficient (Wildman–Crippen LogP) is 4.43. The van der Waals surface area contributed by atoms with Crippen LogP contribution in [-0.2, 0) is 0 Å². The Kier molecular flexibility index (Phi) is 4.17. The standard InChI is InChI=1S/C15H13N3/c16-18-17-12-11-15(13-7-3-1-4-8-13)14-9-5-2-6-10-14/h1-11H,12H2. The molecule has 0 unspecified atom stereocenters. The van der Waals surface area contributed by atoms with Crippen molar-refractivity contribution in [2.75, 3.05) is 6.54 Å². The van der Waals surface area contributed by atoms with Crippen LogP contribution in [0.4, 0.5) is 0 Å². The molecule has 0 fully saturated rings. The number of benzene rings is 2. The van der Waals surface area contributed by atoms with Gasteiger partial charge in [0.05, 0.1) is 0 Å². The second-order valence-corrected chi connectivity index (χ2v) is 3.76. The molecule has 2 aromatic carbocycles. The first-order valence-corrected chi connectivity index (χ1v) is 5.73. The Labute approximate surface area is 106 Å². The van der Waals surface area contributed by atoms with E-state index in [-0.39, 0.29) is 0 Å². The third kappa shape index (κ3) is 3.00. The largest absolute Gasteiger partial charge is 0.0899 e. The molecule has 0 radical (unpaired) electrons. The average Bonchev–Trinajstić information content (AvgIpc) is 2.46. The summed E-state index contributed by atoms with van der Waals surface area (Å²) in [4.78, 5) is 2.78. The quantitative estimate of drug-likeness (QED) is 0.427. The van der Waals surface area contributed by atoms with Crippen molar-refractivity contribution in [3.63, 3.8) is 0 Å². The van der Waals surface area contributed by atoms with E-state index < -0.39 is 0 Å². The molecule has 18 heavy (non-hydrogen) atoms. The molecule has 0 saturated carbocycles. The summed E-state index contributed by atoms with van der Waals surface area (Å²) in [5.41, 5.74) is 11.7. The smallest absolute Gasteiger partial charge is 0.0449 e. The molecular weight excluding hydrogens is 222 g/mol. The van der Waals surface area contributed by atoms with Gasteiger partial charge in [0.1, 0.15) is 0 Å².